The number of halogens is 1. The molecule has 0 radical (unpaired) electrons. The van der Waals surface area contributed by atoms with Crippen molar-refractivity contribution in [2.24, 2.45) is 0 Å². The molecule has 1 aliphatic rings. The van der Waals surface area contributed by atoms with Gasteiger partial charge in [-0.1, -0.05) is 36.1 Å². The van der Waals surface area contributed by atoms with Crippen molar-refractivity contribution in [1.29, 1.82) is 0 Å². The van der Waals surface area contributed by atoms with E-state index < -0.39 is 12.2 Å². The van der Waals surface area contributed by atoms with Crippen LogP contribution in [0.1, 0.15) is 34.4 Å². The van der Waals surface area contributed by atoms with Gasteiger partial charge >= 0.3 is 6.09 Å². The Balaban J connectivity index is 1.62. The molecule has 1 amide bonds. The van der Waals surface area contributed by atoms with E-state index in [0.717, 1.165) is 22.3 Å². The van der Waals surface area contributed by atoms with E-state index in [9.17, 15) is 9.18 Å². The number of benzene rings is 3. The van der Waals surface area contributed by atoms with Crippen LogP contribution in [0, 0.1) is 17.7 Å². The minimum Gasteiger partial charge on any atom is -0.497 e. The molecule has 29 heavy (non-hydrogen) atoms. The van der Waals surface area contributed by atoms with Gasteiger partial charge < -0.3 is 14.8 Å². The minimum atomic E-state index is -0.474. The second-order valence-electron chi connectivity index (χ2n) is 6.61. The Hall–Kier alpha value is -3.78. The van der Waals surface area contributed by atoms with Crippen LogP contribution in [-0.2, 0) is 4.74 Å². The molecule has 0 saturated carbocycles. The first-order valence-corrected chi connectivity index (χ1v) is 9.11. The van der Waals surface area contributed by atoms with Crippen LogP contribution >= 0.6 is 0 Å². The average Bonchev–Trinajstić information content (AvgIpc) is 3.15. The van der Waals surface area contributed by atoms with Gasteiger partial charge in [-0.25, -0.2) is 9.18 Å². The second-order valence-corrected chi connectivity index (χ2v) is 6.61. The van der Waals surface area contributed by atoms with Gasteiger partial charge in [0.1, 0.15) is 11.6 Å². The van der Waals surface area contributed by atoms with Crippen molar-refractivity contribution in [1.82, 2.24) is 5.32 Å². The number of hydrogen-bond donors (Lipinski definition) is 1. The van der Waals surface area contributed by atoms with Crippen LogP contribution in [0.5, 0.6) is 5.75 Å². The molecule has 1 heterocycles. The molecule has 0 bridgehead atoms. The molecule has 0 aliphatic carbocycles. The Labute approximate surface area is 168 Å². The van der Waals surface area contributed by atoms with Crippen LogP contribution in [0.3, 0.4) is 0 Å². The molecule has 5 heteroatoms. The molecule has 2 atom stereocenters. The fourth-order valence-corrected chi connectivity index (χ4v) is 3.24. The fourth-order valence-electron chi connectivity index (χ4n) is 3.24. The Morgan fingerprint density at radius 3 is 2.45 bits per heavy atom. The zero-order chi connectivity index (χ0) is 20.2. The molecule has 3 aromatic rings. The Kier molecular flexibility index (Phi) is 5.17. The molecule has 1 fully saturated rings. The number of carbonyl (C=O) groups excluding carboxylic acids is 1. The van der Waals surface area contributed by atoms with Crippen molar-refractivity contribution in [3.05, 3.63) is 101 Å². The van der Waals surface area contributed by atoms with E-state index in [1.54, 1.807) is 19.2 Å². The topological polar surface area (TPSA) is 47.6 Å². The van der Waals surface area contributed by atoms with Crippen molar-refractivity contribution in [2.75, 3.05) is 7.11 Å². The van der Waals surface area contributed by atoms with E-state index in [0.29, 0.717) is 5.75 Å². The molecule has 4 rings (SSSR count). The summed E-state index contributed by atoms with van der Waals surface area (Å²) in [5.41, 5.74) is 3.24. The largest absolute Gasteiger partial charge is 0.497 e. The summed E-state index contributed by atoms with van der Waals surface area (Å²) in [5, 5.41) is 2.87. The van der Waals surface area contributed by atoms with Crippen molar-refractivity contribution >= 4 is 6.09 Å². The van der Waals surface area contributed by atoms with Crippen LogP contribution in [0.25, 0.3) is 0 Å². The highest BCUT2D eigenvalue weighted by Crippen LogP contribution is 2.37. The number of rotatable bonds is 3. The highest BCUT2D eigenvalue weighted by Gasteiger charge is 2.36. The van der Waals surface area contributed by atoms with E-state index in [1.807, 2.05) is 48.5 Å². The van der Waals surface area contributed by atoms with E-state index >= 15 is 0 Å². The Morgan fingerprint density at radius 2 is 1.66 bits per heavy atom. The summed E-state index contributed by atoms with van der Waals surface area (Å²) in [6.45, 7) is 0. The van der Waals surface area contributed by atoms with E-state index in [-0.39, 0.29) is 11.9 Å². The maximum Gasteiger partial charge on any atom is 0.408 e. The minimum absolute atomic E-state index is 0.293. The maximum absolute atomic E-state index is 13.0. The van der Waals surface area contributed by atoms with Crippen LogP contribution in [0.4, 0.5) is 9.18 Å². The number of alkyl carbamates (subject to hydrolysis) is 1. The summed E-state index contributed by atoms with van der Waals surface area (Å²) < 4.78 is 23.8. The van der Waals surface area contributed by atoms with Gasteiger partial charge in [0.2, 0.25) is 0 Å². The van der Waals surface area contributed by atoms with Crippen molar-refractivity contribution in [3.8, 4) is 17.6 Å². The third kappa shape index (κ3) is 4.22. The van der Waals surface area contributed by atoms with E-state index in [4.69, 9.17) is 9.47 Å². The number of ether oxygens (including phenoxy) is 2. The normalized spacial score (nSPS) is 17.7. The monoisotopic (exact) mass is 387 g/mol. The first kappa shape index (κ1) is 18.6. The summed E-state index contributed by atoms with van der Waals surface area (Å²) >= 11 is 0. The third-order valence-corrected chi connectivity index (χ3v) is 4.67. The molecular formula is C24H18FNO3. The smallest absolute Gasteiger partial charge is 0.408 e. The molecule has 1 N–H and O–H groups in total. The predicted molar refractivity (Wildman–Crippen MR) is 107 cm³/mol. The SMILES string of the molecule is COc1cccc([C@@H]2OC(=O)N[C@H]2c2cccc(C#Cc3ccc(F)cc3)c2)c1. The lowest BCUT2D eigenvalue weighted by atomic mass is 9.95. The molecule has 0 spiro atoms. The zero-order valence-corrected chi connectivity index (χ0v) is 15.7. The van der Waals surface area contributed by atoms with Gasteiger partial charge in [-0.15, -0.1) is 0 Å². The van der Waals surface area contributed by atoms with Gasteiger partial charge in [0.05, 0.1) is 13.2 Å². The van der Waals surface area contributed by atoms with Crippen LogP contribution in [0.2, 0.25) is 0 Å². The number of cyclic esters (lactones) is 1. The highest BCUT2D eigenvalue weighted by atomic mass is 19.1. The van der Waals surface area contributed by atoms with Crippen LogP contribution in [0.15, 0.2) is 72.8 Å². The van der Waals surface area contributed by atoms with Gasteiger partial charge in [0.15, 0.2) is 6.10 Å². The predicted octanol–water partition coefficient (Wildman–Crippen LogP) is 4.76. The molecule has 0 unspecified atom stereocenters. The highest BCUT2D eigenvalue weighted by molar-refractivity contribution is 5.71. The zero-order valence-electron chi connectivity index (χ0n) is 15.7. The van der Waals surface area contributed by atoms with Crippen molar-refractivity contribution < 1.29 is 18.7 Å². The van der Waals surface area contributed by atoms with Gasteiger partial charge in [-0.2, -0.15) is 0 Å². The number of nitrogens with one attached hydrogen (secondary N) is 1. The molecule has 3 aromatic carbocycles. The lowest BCUT2D eigenvalue weighted by Crippen LogP contribution is -2.19. The molecule has 144 valence electrons. The quantitative estimate of drug-likeness (QED) is 0.660. The first-order chi connectivity index (χ1) is 14.1. The van der Waals surface area contributed by atoms with E-state index in [2.05, 4.69) is 17.2 Å². The molecule has 4 nitrogen and oxygen atoms in total. The summed E-state index contributed by atoms with van der Waals surface area (Å²) in [5.74, 6) is 6.51. The number of amides is 1. The number of methoxy groups -OCH3 is 1. The maximum atomic E-state index is 13.0. The lowest BCUT2D eigenvalue weighted by Gasteiger charge is -2.18. The summed E-state index contributed by atoms with van der Waals surface area (Å²) in [4.78, 5) is 12.0. The summed E-state index contributed by atoms with van der Waals surface area (Å²) in [6.07, 6.45) is -0.941. The van der Waals surface area contributed by atoms with Gasteiger partial charge in [0.25, 0.3) is 0 Å². The standard InChI is InChI=1S/C24H18FNO3/c1-28-21-7-3-6-19(15-21)23-22(26-24(27)29-23)18-5-2-4-17(14-18)9-8-16-10-12-20(25)13-11-16/h2-7,10-15,22-23H,1H3,(H,26,27)/t22-,23-/m0/s1. The molecule has 1 saturated heterocycles. The van der Waals surface area contributed by atoms with Gasteiger partial charge in [0, 0.05) is 11.1 Å². The summed E-state index contributed by atoms with van der Waals surface area (Å²) in [6, 6.07) is 20.8. The number of carbonyl (C=O) groups is 1. The third-order valence-electron chi connectivity index (χ3n) is 4.67. The second kappa shape index (κ2) is 8.07. The molecule has 1 aliphatic heterocycles. The fraction of sp³-hybridized carbons (Fsp3) is 0.125. The number of hydrogen-bond acceptors (Lipinski definition) is 3. The van der Waals surface area contributed by atoms with Crippen molar-refractivity contribution in [3.63, 3.8) is 0 Å². The molecular weight excluding hydrogens is 369 g/mol. The molecule has 0 aromatic heterocycles. The van der Waals surface area contributed by atoms with Crippen molar-refractivity contribution in [2.45, 2.75) is 12.1 Å². The Bertz CT molecular complexity index is 1100. The van der Waals surface area contributed by atoms with Crippen LogP contribution in [-0.4, -0.2) is 13.2 Å². The van der Waals surface area contributed by atoms with Crippen LogP contribution < -0.4 is 10.1 Å². The first-order valence-electron chi connectivity index (χ1n) is 9.11. The van der Waals surface area contributed by atoms with Gasteiger partial charge in [-0.3, -0.25) is 0 Å². The van der Waals surface area contributed by atoms with Gasteiger partial charge in [-0.05, 0) is 59.7 Å². The average molecular weight is 387 g/mol. The Morgan fingerprint density at radius 1 is 0.931 bits per heavy atom. The van der Waals surface area contributed by atoms with E-state index in [1.165, 1.54) is 12.1 Å². The lowest BCUT2D eigenvalue weighted by molar-refractivity contribution is 0.132. The summed E-state index contributed by atoms with van der Waals surface area (Å²) in [7, 11) is 1.60.